The van der Waals surface area contributed by atoms with E-state index in [1.165, 1.54) is 18.1 Å². The zero-order valence-corrected chi connectivity index (χ0v) is 12.6. The van der Waals surface area contributed by atoms with Gasteiger partial charge in [0.2, 0.25) is 5.91 Å². The summed E-state index contributed by atoms with van der Waals surface area (Å²) in [6, 6.07) is 13.0. The van der Waals surface area contributed by atoms with Gasteiger partial charge in [-0.15, -0.1) is 0 Å². The average molecular weight is 281 g/mol. The van der Waals surface area contributed by atoms with Gasteiger partial charge in [-0.2, -0.15) is 0 Å². The molecule has 0 aliphatic rings. The fourth-order valence-electron chi connectivity index (χ4n) is 2.12. The second kappa shape index (κ2) is 6.35. The van der Waals surface area contributed by atoms with Crippen molar-refractivity contribution >= 4 is 17.4 Å². The number of aryl methyl sites for hydroxylation is 2. The minimum Gasteiger partial charge on any atom is -0.326 e. The molecule has 0 radical (unpaired) electrons. The van der Waals surface area contributed by atoms with E-state index in [2.05, 4.69) is 5.32 Å². The Morgan fingerprint density at radius 2 is 1.76 bits per heavy atom. The predicted octanol–water partition coefficient (Wildman–Crippen LogP) is 3.69. The van der Waals surface area contributed by atoms with Crippen molar-refractivity contribution in [2.75, 3.05) is 5.32 Å². The zero-order chi connectivity index (χ0) is 15.4. The van der Waals surface area contributed by atoms with Crippen LogP contribution in [0.3, 0.4) is 0 Å². The minimum atomic E-state index is -0.0843. The Morgan fingerprint density at radius 1 is 1.00 bits per heavy atom. The van der Waals surface area contributed by atoms with Gasteiger partial charge in [0.15, 0.2) is 5.78 Å². The van der Waals surface area contributed by atoms with Crippen LogP contribution in [0.1, 0.15) is 34.0 Å². The number of carbonyl (C=O) groups excluding carboxylic acids is 2. The number of hydrogen-bond acceptors (Lipinski definition) is 2. The predicted molar refractivity (Wildman–Crippen MR) is 84.7 cm³/mol. The van der Waals surface area contributed by atoms with E-state index in [-0.39, 0.29) is 11.7 Å². The summed E-state index contributed by atoms with van der Waals surface area (Å²) in [5.74, 6) is -0.0980. The molecule has 2 rings (SSSR count). The summed E-state index contributed by atoms with van der Waals surface area (Å²) in [6.45, 7) is 5.59. The van der Waals surface area contributed by atoms with E-state index in [1.807, 2.05) is 32.0 Å². The smallest absolute Gasteiger partial charge is 0.228 e. The van der Waals surface area contributed by atoms with Crippen LogP contribution in [0.5, 0.6) is 0 Å². The second-order valence-electron chi connectivity index (χ2n) is 5.28. The lowest BCUT2D eigenvalue weighted by Gasteiger charge is -2.08. The van der Waals surface area contributed by atoms with Crippen LogP contribution in [0.25, 0.3) is 0 Å². The molecule has 2 aromatic carbocycles. The topological polar surface area (TPSA) is 46.2 Å². The van der Waals surface area contributed by atoms with Crippen LogP contribution in [-0.2, 0) is 11.2 Å². The normalized spacial score (nSPS) is 10.2. The van der Waals surface area contributed by atoms with Gasteiger partial charge in [-0.25, -0.2) is 0 Å². The van der Waals surface area contributed by atoms with Crippen molar-refractivity contribution in [3.63, 3.8) is 0 Å². The number of anilines is 1. The average Bonchev–Trinajstić information content (AvgIpc) is 2.43. The van der Waals surface area contributed by atoms with Gasteiger partial charge in [-0.3, -0.25) is 9.59 Å². The highest BCUT2D eigenvalue weighted by Crippen LogP contribution is 2.13. The molecule has 0 bridgehead atoms. The molecular formula is C18H19NO2. The summed E-state index contributed by atoms with van der Waals surface area (Å²) in [4.78, 5) is 23.4. The van der Waals surface area contributed by atoms with Crippen molar-refractivity contribution in [1.29, 1.82) is 0 Å². The van der Waals surface area contributed by atoms with Crippen molar-refractivity contribution in [1.82, 2.24) is 0 Å². The summed E-state index contributed by atoms with van der Waals surface area (Å²) in [6.07, 6.45) is 0.325. The largest absolute Gasteiger partial charge is 0.326 e. The fraction of sp³-hybridized carbons (Fsp3) is 0.222. The summed E-state index contributed by atoms with van der Waals surface area (Å²) < 4.78 is 0. The molecule has 0 saturated heterocycles. The number of ketones is 1. The first-order valence-electron chi connectivity index (χ1n) is 6.92. The maximum Gasteiger partial charge on any atom is 0.228 e. The van der Waals surface area contributed by atoms with Gasteiger partial charge >= 0.3 is 0 Å². The van der Waals surface area contributed by atoms with Crippen LogP contribution in [0, 0.1) is 13.8 Å². The molecule has 0 atom stereocenters. The molecule has 0 unspecified atom stereocenters. The third-order valence-corrected chi connectivity index (χ3v) is 3.49. The molecule has 21 heavy (non-hydrogen) atoms. The molecule has 3 nitrogen and oxygen atoms in total. The molecule has 0 aromatic heterocycles. The number of nitrogens with one attached hydrogen (secondary N) is 1. The van der Waals surface area contributed by atoms with Gasteiger partial charge in [-0.1, -0.05) is 30.3 Å². The van der Waals surface area contributed by atoms with Gasteiger partial charge in [0.25, 0.3) is 0 Å². The SMILES string of the molecule is CC(=O)c1cccc(NC(=O)Cc2ccc(C)c(C)c2)c1. The van der Waals surface area contributed by atoms with Crippen molar-refractivity contribution in [3.8, 4) is 0 Å². The lowest BCUT2D eigenvalue weighted by atomic mass is 10.0. The van der Waals surface area contributed by atoms with E-state index in [0.717, 1.165) is 5.56 Å². The minimum absolute atomic E-state index is 0.0136. The van der Waals surface area contributed by atoms with Crippen molar-refractivity contribution < 1.29 is 9.59 Å². The second-order valence-corrected chi connectivity index (χ2v) is 5.28. The molecule has 0 aliphatic heterocycles. The van der Waals surface area contributed by atoms with Crippen LogP contribution in [0.2, 0.25) is 0 Å². The highest BCUT2D eigenvalue weighted by Gasteiger charge is 2.06. The van der Waals surface area contributed by atoms with Crippen molar-refractivity contribution in [2.24, 2.45) is 0 Å². The fourth-order valence-corrected chi connectivity index (χ4v) is 2.12. The van der Waals surface area contributed by atoms with E-state index in [4.69, 9.17) is 0 Å². The molecular weight excluding hydrogens is 262 g/mol. The van der Waals surface area contributed by atoms with E-state index in [0.29, 0.717) is 17.7 Å². The zero-order valence-electron chi connectivity index (χ0n) is 12.6. The molecule has 3 heteroatoms. The number of amides is 1. The summed E-state index contributed by atoms with van der Waals surface area (Å²) >= 11 is 0. The molecule has 0 fully saturated rings. The Morgan fingerprint density at radius 3 is 2.43 bits per heavy atom. The van der Waals surface area contributed by atoms with Crippen molar-refractivity contribution in [3.05, 3.63) is 64.7 Å². The Hall–Kier alpha value is -2.42. The molecule has 1 N–H and O–H groups in total. The van der Waals surface area contributed by atoms with Crippen molar-refractivity contribution in [2.45, 2.75) is 27.2 Å². The summed E-state index contributed by atoms with van der Waals surface area (Å²) in [5, 5.41) is 2.83. The maximum absolute atomic E-state index is 12.1. The first-order valence-corrected chi connectivity index (χ1v) is 6.92. The number of hydrogen-bond donors (Lipinski definition) is 1. The van der Waals surface area contributed by atoms with E-state index >= 15 is 0 Å². The molecule has 108 valence electrons. The highest BCUT2D eigenvalue weighted by atomic mass is 16.1. The number of Topliss-reactive ketones (excluding diaryl/α,β-unsaturated/α-hetero) is 1. The molecule has 0 spiro atoms. The molecule has 0 aliphatic carbocycles. The van der Waals surface area contributed by atoms with Crippen LogP contribution in [0.4, 0.5) is 5.69 Å². The van der Waals surface area contributed by atoms with E-state index in [1.54, 1.807) is 24.3 Å². The lowest BCUT2D eigenvalue weighted by Crippen LogP contribution is -2.14. The van der Waals surface area contributed by atoms with Crippen LogP contribution in [0.15, 0.2) is 42.5 Å². The lowest BCUT2D eigenvalue weighted by molar-refractivity contribution is -0.115. The molecule has 1 amide bonds. The summed E-state index contributed by atoms with van der Waals surface area (Å²) in [7, 11) is 0. The van der Waals surface area contributed by atoms with E-state index in [9.17, 15) is 9.59 Å². The molecule has 0 heterocycles. The van der Waals surface area contributed by atoms with Crippen LogP contribution < -0.4 is 5.32 Å². The van der Waals surface area contributed by atoms with Crippen LogP contribution >= 0.6 is 0 Å². The van der Waals surface area contributed by atoms with Gasteiger partial charge in [0.05, 0.1) is 6.42 Å². The van der Waals surface area contributed by atoms with E-state index < -0.39 is 0 Å². The molecule has 0 saturated carbocycles. The standard InChI is InChI=1S/C18H19NO2/c1-12-7-8-15(9-13(12)2)10-18(21)19-17-6-4-5-16(11-17)14(3)20/h4-9,11H,10H2,1-3H3,(H,19,21). The Labute approximate surface area is 125 Å². The monoisotopic (exact) mass is 281 g/mol. The van der Waals surface area contributed by atoms with Gasteiger partial charge in [-0.05, 0) is 49.6 Å². The Kier molecular flexibility index (Phi) is 4.53. The third-order valence-electron chi connectivity index (χ3n) is 3.49. The molecule has 2 aromatic rings. The summed E-state index contributed by atoms with van der Waals surface area (Å²) in [5.41, 5.74) is 4.63. The first-order chi connectivity index (χ1) is 9.95. The number of benzene rings is 2. The van der Waals surface area contributed by atoms with Gasteiger partial charge in [0, 0.05) is 11.3 Å². The number of rotatable bonds is 4. The maximum atomic E-state index is 12.1. The highest BCUT2D eigenvalue weighted by molar-refractivity contribution is 5.97. The van der Waals surface area contributed by atoms with Gasteiger partial charge < -0.3 is 5.32 Å². The third kappa shape index (κ3) is 4.02. The number of carbonyl (C=O) groups is 2. The quantitative estimate of drug-likeness (QED) is 0.869. The first kappa shape index (κ1) is 15.0. The van der Waals surface area contributed by atoms with Gasteiger partial charge in [0.1, 0.15) is 0 Å². The Bertz CT molecular complexity index is 689. The van der Waals surface area contributed by atoms with Crippen LogP contribution in [-0.4, -0.2) is 11.7 Å². The Balaban J connectivity index is 2.06.